The highest BCUT2D eigenvalue weighted by Crippen LogP contribution is 2.39. The highest BCUT2D eigenvalue weighted by molar-refractivity contribution is 8.00. The van der Waals surface area contributed by atoms with Crippen LogP contribution in [0, 0.1) is 5.92 Å². The number of methoxy groups -OCH3 is 1. The molecular weight excluding hydrogens is 254 g/mol. The van der Waals surface area contributed by atoms with E-state index in [1.807, 2.05) is 0 Å². The Balaban J connectivity index is 1.74. The molecule has 0 spiro atoms. The second kappa shape index (κ2) is 7.93. The average Bonchev–Trinajstić information content (AvgIpc) is 2.84. The molecule has 0 fully saturated rings. The van der Waals surface area contributed by atoms with Crippen LogP contribution in [-0.2, 0) is 11.2 Å². The number of thioether (sulfide) groups is 1. The smallest absolute Gasteiger partial charge is 0.0587 e. The van der Waals surface area contributed by atoms with Crippen LogP contribution in [0.15, 0.2) is 29.2 Å². The van der Waals surface area contributed by atoms with E-state index in [4.69, 9.17) is 4.74 Å². The minimum Gasteiger partial charge on any atom is -0.383 e. The molecule has 0 aromatic heterocycles. The van der Waals surface area contributed by atoms with E-state index in [0.717, 1.165) is 30.9 Å². The summed E-state index contributed by atoms with van der Waals surface area (Å²) in [6, 6.07) is 8.85. The first-order chi connectivity index (χ1) is 9.33. The third-order valence-corrected chi connectivity index (χ3v) is 5.15. The van der Waals surface area contributed by atoms with Gasteiger partial charge in [-0.2, -0.15) is 0 Å². The van der Waals surface area contributed by atoms with E-state index in [-0.39, 0.29) is 0 Å². The fraction of sp³-hybridized carbons (Fsp3) is 0.625. The van der Waals surface area contributed by atoms with Gasteiger partial charge in [0.2, 0.25) is 0 Å². The van der Waals surface area contributed by atoms with Gasteiger partial charge in [-0.25, -0.2) is 0 Å². The maximum absolute atomic E-state index is 5.07. The van der Waals surface area contributed by atoms with Gasteiger partial charge in [-0.05, 0) is 36.9 Å². The molecule has 1 heterocycles. The number of nitrogens with one attached hydrogen (secondary N) is 1. The summed E-state index contributed by atoms with van der Waals surface area (Å²) in [5.41, 5.74) is 1.54. The summed E-state index contributed by atoms with van der Waals surface area (Å²) < 4.78 is 5.07. The molecule has 1 N–H and O–H groups in total. The molecule has 1 aliphatic heterocycles. The topological polar surface area (TPSA) is 21.3 Å². The predicted molar refractivity (Wildman–Crippen MR) is 82.9 cm³/mol. The van der Waals surface area contributed by atoms with E-state index in [1.165, 1.54) is 24.2 Å². The highest BCUT2D eigenvalue weighted by Gasteiger charge is 2.24. The van der Waals surface area contributed by atoms with Gasteiger partial charge in [0.25, 0.3) is 0 Å². The molecule has 1 aromatic carbocycles. The van der Waals surface area contributed by atoms with E-state index in [2.05, 4.69) is 48.3 Å². The van der Waals surface area contributed by atoms with Crippen molar-refractivity contribution < 1.29 is 4.74 Å². The Morgan fingerprint density at radius 3 is 3.00 bits per heavy atom. The number of hydrogen-bond acceptors (Lipinski definition) is 3. The van der Waals surface area contributed by atoms with Crippen molar-refractivity contribution in [2.75, 3.05) is 26.8 Å². The maximum atomic E-state index is 5.07. The third-order valence-electron chi connectivity index (χ3n) is 3.80. The van der Waals surface area contributed by atoms with Gasteiger partial charge in [0.05, 0.1) is 6.61 Å². The number of benzene rings is 1. The van der Waals surface area contributed by atoms with Gasteiger partial charge in [-0.1, -0.05) is 31.5 Å². The van der Waals surface area contributed by atoms with Crippen molar-refractivity contribution >= 4 is 11.8 Å². The molecule has 0 radical (unpaired) electrons. The summed E-state index contributed by atoms with van der Waals surface area (Å²) in [5.74, 6) is 0.781. The molecule has 0 bridgehead atoms. The molecule has 3 heteroatoms. The summed E-state index contributed by atoms with van der Waals surface area (Å²) in [7, 11) is 1.76. The Kier molecular flexibility index (Phi) is 6.21. The Morgan fingerprint density at radius 1 is 1.42 bits per heavy atom. The third kappa shape index (κ3) is 4.51. The monoisotopic (exact) mass is 279 g/mol. The molecule has 2 rings (SSSR count). The molecule has 0 aliphatic carbocycles. The molecule has 0 amide bonds. The Labute approximate surface area is 121 Å². The largest absolute Gasteiger partial charge is 0.383 e. The van der Waals surface area contributed by atoms with Crippen molar-refractivity contribution in [2.24, 2.45) is 5.92 Å². The van der Waals surface area contributed by atoms with Gasteiger partial charge < -0.3 is 10.1 Å². The van der Waals surface area contributed by atoms with Gasteiger partial charge in [0.1, 0.15) is 0 Å². The molecule has 19 heavy (non-hydrogen) atoms. The van der Waals surface area contributed by atoms with Gasteiger partial charge in [-0.3, -0.25) is 0 Å². The molecule has 2 nitrogen and oxygen atoms in total. The quantitative estimate of drug-likeness (QED) is 0.737. The van der Waals surface area contributed by atoms with Crippen LogP contribution in [0.1, 0.15) is 25.3 Å². The first-order valence-corrected chi connectivity index (χ1v) is 8.15. The van der Waals surface area contributed by atoms with Crippen LogP contribution in [-0.4, -0.2) is 32.1 Å². The standard InChI is InChI=1S/C16H25NOS/c1-3-13(12-17-8-9-18-2)10-15-11-14-6-4-5-7-16(14)19-15/h4-7,13,15,17H,3,8-12H2,1-2H3. The second-order valence-corrected chi connectivity index (χ2v) is 6.60. The van der Waals surface area contributed by atoms with Crippen LogP contribution >= 0.6 is 11.8 Å². The number of fused-ring (bicyclic) bond motifs is 1. The molecule has 2 atom stereocenters. The fourth-order valence-electron chi connectivity index (χ4n) is 2.63. The van der Waals surface area contributed by atoms with Gasteiger partial charge in [0, 0.05) is 23.8 Å². The first-order valence-electron chi connectivity index (χ1n) is 7.27. The summed E-state index contributed by atoms with van der Waals surface area (Å²) in [6.45, 7) is 5.19. The highest BCUT2D eigenvalue weighted by atomic mass is 32.2. The van der Waals surface area contributed by atoms with E-state index >= 15 is 0 Å². The minimum atomic E-state index is 0.770. The summed E-state index contributed by atoms with van der Waals surface area (Å²) in [5, 5.41) is 4.27. The van der Waals surface area contributed by atoms with E-state index in [0.29, 0.717) is 0 Å². The lowest BCUT2D eigenvalue weighted by molar-refractivity contribution is 0.197. The molecule has 106 valence electrons. The molecule has 1 aromatic rings. The van der Waals surface area contributed by atoms with Gasteiger partial charge in [-0.15, -0.1) is 11.8 Å². The normalized spacial score (nSPS) is 19.4. The Bertz CT molecular complexity index is 358. The lowest BCUT2D eigenvalue weighted by Gasteiger charge is -2.19. The second-order valence-electron chi connectivity index (χ2n) is 5.26. The SMILES string of the molecule is CCC(CNCCOC)CC1Cc2ccccc2S1. The Hall–Kier alpha value is -0.510. The van der Waals surface area contributed by atoms with Crippen LogP contribution in [0.25, 0.3) is 0 Å². The maximum Gasteiger partial charge on any atom is 0.0587 e. The molecule has 0 saturated heterocycles. The number of hydrogen-bond donors (Lipinski definition) is 1. The number of rotatable bonds is 8. The summed E-state index contributed by atoms with van der Waals surface area (Å²) in [4.78, 5) is 1.50. The van der Waals surface area contributed by atoms with Crippen LogP contribution in [0.2, 0.25) is 0 Å². The van der Waals surface area contributed by atoms with Crippen LogP contribution in [0.4, 0.5) is 0 Å². The van der Waals surface area contributed by atoms with E-state index < -0.39 is 0 Å². The van der Waals surface area contributed by atoms with Crippen LogP contribution < -0.4 is 5.32 Å². The Morgan fingerprint density at radius 2 is 2.26 bits per heavy atom. The number of ether oxygens (including phenoxy) is 1. The van der Waals surface area contributed by atoms with E-state index in [9.17, 15) is 0 Å². The average molecular weight is 279 g/mol. The zero-order chi connectivity index (χ0) is 13.5. The van der Waals surface area contributed by atoms with Crippen molar-refractivity contribution in [3.8, 4) is 0 Å². The van der Waals surface area contributed by atoms with Gasteiger partial charge >= 0.3 is 0 Å². The van der Waals surface area contributed by atoms with Crippen LogP contribution in [0.5, 0.6) is 0 Å². The molecule has 1 aliphatic rings. The van der Waals surface area contributed by atoms with Crippen LogP contribution in [0.3, 0.4) is 0 Å². The molecule has 2 unspecified atom stereocenters. The summed E-state index contributed by atoms with van der Waals surface area (Å²) >= 11 is 2.07. The van der Waals surface area contributed by atoms with Crippen molar-refractivity contribution in [1.29, 1.82) is 0 Å². The zero-order valence-corrected chi connectivity index (χ0v) is 12.8. The molecular formula is C16H25NOS. The first kappa shape index (κ1) is 14.9. The lowest BCUT2D eigenvalue weighted by atomic mass is 9.97. The van der Waals surface area contributed by atoms with Crippen molar-refractivity contribution in [1.82, 2.24) is 5.32 Å². The van der Waals surface area contributed by atoms with E-state index in [1.54, 1.807) is 12.7 Å². The zero-order valence-electron chi connectivity index (χ0n) is 12.0. The lowest BCUT2D eigenvalue weighted by Crippen LogP contribution is -2.27. The summed E-state index contributed by atoms with van der Waals surface area (Å²) in [6.07, 6.45) is 3.82. The van der Waals surface area contributed by atoms with Crippen molar-refractivity contribution in [2.45, 2.75) is 36.3 Å². The molecule has 0 saturated carbocycles. The fourth-order valence-corrected chi connectivity index (χ4v) is 4.08. The van der Waals surface area contributed by atoms with Crippen molar-refractivity contribution in [3.05, 3.63) is 29.8 Å². The van der Waals surface area contributed by atoms with Crippen molar-refractivity contribution in [3.63, 3.8) is 0 Å². The van der Waals surface area contributed by atoms with Gasteiger partial charge in [0.15, 0.2) is 0 Å². The predicted octanol–water partition coefficient (Wildman–Crippen LogP) is 3.36. The minimum absolute atomic E-state index is 0.770.